The molecule has 0 aromatic rings. The first-order chi connectivity index (χ1) is 25.5. The standard InChI is InChI=1S/C43H76NO8P/c1-6-8-10-12-14-16-18-20-21-22-23-24-26-28-30-32-34-36-43(46)52-41(40-51-53(47,48)50-38-37-44(3,4)5)39-49-42(45)35-33-31-29-27-25-19-17-15-13-11-9-7-2/h14-17,20-21,23-24,28,30,41H,6-13,18-19,22,25-27,29,31-40H2,1-5H3/b16-14+,17-15+,21-20+,24-23+,30-28+/t41-/m1/s1. The van der Waals surface area contributed by atoms with Gasteiger partial charge in [0.2, 0.25) is 0 Å². The number of phosphoric ester groups is 1. The Balaban J connectivity index is 4.53. The van der Waals surface area contributed by atoms with E-state index in [0.29, 0.717) is 30.3 Å². The van der Waals surface area contributed by atoms with Crippen molar-refractivity contribution in [2.24, 2.45) is 0 Å². The number of carbonyl (C=O) groups is 2. The van der Waals surface area contributed by atoms with Crippen LogP contribution in [-0.4, -0.2) is 70.0 Å². The summed E-state index contributed by atoms with van der Waals surface area (Å²) in [5.74, 6) is -0.917. The molecule has 0 radical (unpaired) electrons. The third-order valence-corrected chi connectivity index (χ3v) is 9.22. The lowest BCUT2D eigenvalue weighted by Gasteiger charge is -2.28. The predicted octanol–water partition coefficient (Wildman–Crippen LogP) is 10.7. The van der Waals surface area contributed by atoms with E-state index < -0.39 is 32.5 Å². The van der Waals surface area contributed by atoms with Gasteiger partial charge in [0.15, 0.2) is 6.10 Å². The third-order valence-electron chi connectivity index (χ3n) is 8.26. The first-order valence-electron chi connectivity index (χ1n) is 20.5. The van der Waals surface area contributed by atoms with Crippen molar-refractivity contribution in [1.82, 2.24) is 0 Å². The molecule has 10 heteroatoms. The van der Waals surface area contributed by atoms with Crippen LogP contribution in [0.3, 0.4) is 0 Å². The average Bonchev–Trinajstić information content (AvgIpc) is 3.10. The number of carbonyl (C=O) groups excluding carboxylic acids is 2. The summed E-state index contributed by atoms with van der Waals surface area (Å²) in [6.07, 6.45) is 41.1. The van der Waals surface area contributed by atoms with E-state index in [-0.39, 0.29) is 26.1 Å². The van der Waals surface area contributed by atoms with Crippen molar-refractivity contribution in [3.8, 4) is 0 Å². The number of nitrogens with zero attached hydrogens (tertiary/aromatic N) is 1. The fraction of sp³-hybridized carbons (Fsp3) is 0.721. The smallest absolute Gasteiger partial charge is 0.306 e. The Morgan fingerprint density at radius 2 is 1.04 bits per heavy atom. The monoisotopic (exact) mass is 766 g/mol. The van der Waals surface area contributed by atoms with Crippen molar-refractivity contribution in [3.05, 3.63) is 60.8 Å². The lowest BCUT2D eigenvalue weighted by Crippen LogP contribution is -2.37. The fourth-order valence-electron chi connectivity index (χ4n) is 4.99. The second kappa shape index (κ2) is 35.4. The van der Waals surface area contributed by atoms with Gasteiger partial charge in [0.1, 0.15) is 19.8 Å². The molecule has 0 rings (SSSR count). The number of unbranched alkanes of at least 4 members (excludes halogenated alkanes) is 12. The summed E-state index contributed by atoms with van der Waals surface area (Å²) < 4.78 is 33.7. The Hall–Kier alpha value is -2.29. The van der Waals surface area contributed by atoms with E-state index in [0.717, 1.165) is 57.8 Å². The van der Waals surface area contributed by atoms with Gasteiger partial charge < -0.3 is 27.9 Å². The highest BCUT2D eigenvalue weighted by molar-refractivity contribution is 7.45. The molecule has 53 heavy (non-hydrogen) atoms. The Kier molecular flexibility index (Phi) is 33.9. The quantitative estimate of drug-likeness (QED) is 0.0204. The minimum Gasteiger partial charge on any atom is -0.756 e. The van der Waals surface area contributed by atoms with Crippen LogP contribution in [-0.2, 0) is 32.7 Å². The number of rotatable bonds is 36. The van der Waals surface area contributed by atoms with Gasteiger partial charge in [0.05, 0.1) is 27.7 Å². The lowest BCUT2D eigenvalue weighted by molar-refractivity contribution is -0.870. The number of hydrogen-bond donors (Lipinski definition) is 0. The number of quaternary nitrogens is 1. The van der Waals surface area contributed by atoms with Gasteiger partial charge in [-0.15, -0.1) is 0 Å². The molecule has 0 aliphatic heterocycles. The van der Waals surface area contributed by atoms with E-state index >= 15 is 0 Å². The van der Waals surface area contributed by atoms with Crippen LogP contribution in [0.2, 0.25) is 0 Å². The predicted molar refractivity (Wildman–Crippen MR) is 217 cm³/mol. The highest BCUT2D eigenvalue weighted by Gasteiger charge is 2.21. The molecule has 0 fully saturated rings. The molecule has 0 amide bonds. The Morgan fingerprint density at radius 1 is 0.585 bits per heavy atom. The van der Waals surface area contributed by atoms with E-state index in [1.807, 2.05) is 27.2 Å². The molecule has 0 aromatic carbocycles. The Bertz CT molecular complexity index is 1090. The summed E-state index contributed by atoms with van der Waals surface area (Å²) >= 11 is 0. The van der Waals surface area contributed by atoms with Gasteiger partial charge in [-0.1, -0.05) is 120 Å². The number of esters is 2. The minimum atomic E-state index is -4.64. The molecule has 0 spiro atoms. The van der Waals surface area contributed by atoms with Crippen molar-refractivity contribution in [2.45, 2.75) is 155 Å². The van der Waals surface area contributed by atoms with E-state index in [1.54, 1.807) is 0 Å². The molecule has 2 atom stereocenters. The molecular formula is C43H76NO8P. The molecule has 0 aromatic heterocycles. The van der Waals surface area contributed by atoms with Gasteiger partial charge in [0.25, 0.3) is 7.82 Å². The van der Waals surface area contributed by atoms with Crippen molar-refractivity contribution in [1.29, 1.82) is 0 Å². The van der Waals surface area contributed by atoms with Crippen LogP contribution >= 0.6 is 7.82 Å². The second-order valence-corrected chi connectivity index (χ2v) is 16.1. The molecule has 0 heterocycles. The van der Waals surface area contributed by atoms with E-state index in [4.69, 9.17) is 18.5 Å². The maximum Gasteiger partial charge on any atom is 0.306 e. The van der Waals surface area contributed by atoms with Crippen molar-refractivity contribution in [3.63, 3.8) is 0 Å². The summed E-state index contributed by atoms with van der Waals surface area (Å²) in [5, 5.41) is 0. The van der Waals surface area contributed by atoms with E-state index in [9.17, 15) is 19.0 Å². The van der Waals surface area contributed by atoms with E-state index in [2.05, 4.69) is 68.5 Å². The fourth-order valence-corrected chi connectivity index (χ4v) is 5.72. The number of ether oxygens (including phenoxy) is 2. The largest absolute Gasteiger partial charge is 0.756 e. The highest BCUT2D eigenvalue weighted by Crippen LogP contribution is 2.38. The van der Waals surface area contributed by atoms with Crippen molar-refractivity contribution >= 4 is 19.8 Å². The minimum absolute atomic E-state index is 0.0447. The normalized spacial score (nSPS) is 14.3. The molecule has 0 aliphatic rings. The van der Waals surface area contributed by atoms with Gasteiger partial charge >= 0.3 is 11.9 Å². The summed E-state index contributed by atoms with van der Waals surface area (Å²) in [5.41, 5.74) is 0. The van der Waals surface area contributed by atoms with Crippen molar-refractivity contribution < 1.29 is 42.1 Å². The van der Waals surface area contributed by atoms with Crippen LogP contribution in [0.15, 0.2) is 60.8 Å². The van der Waals surface area contributed by atoms with E-state index in [1.165, 1.54) is 44.9 Å². The number of hydrogen-bond acceptors (Lipinski definition) is 8. The van der Waals surface area contributed by atoms with Crippen LogP contribution in [0.25, 0.3) is 0 Å². The van der Waals surface area contributed by atoms with Gasteiger partial charge in [-0.3, -0.25) is 14.2 Å². The summed E-state index contributed by atoms with van der Waals surface area (Å²) in [6, 6.07) is 0. The summed E-state index contributed by atoms with van der Waals surface area (Å²) in [7, 11) is 1.12. The van der Waals surface area contributed by atoms with Gasteiger partial charge in [0, 0.05) is 12.8 Å². The van der Waals surface area contributed by atoms with Crippen LogP contribution in [0.4, 0.5) is 0 Å². The third kappa shape index (κ3) is 39.2. The molecule has 306 valence electrons. The molecule has 0 aliphatic carbocycles. The van der Waals surface area contributed by atoms with Gasteiger partial charge in [-0.25, -0.2) is 0 Å². The lowest BCUT2D eigenvalue weighted by atomic mass is 10.1. The number of phosphoric acid groups is 1. The molecule has 0 saturated heterocycles. The van der Waals surface area contributed by atoms with Gasteiger partial charge in [-0.2, -0.15) is 0 Å². The SMILES string of the molecule is CCCCC/C=C/C/C=C/C/C=C/C/C=C/CCCC(=O)O[C@H](COC(=O)CCCCCCC/C=C/CCCCC)COP(=O)([O-])OCC[N+](C)(C)C. The summed E-state index contributed by atoms with van der Waals surface area (Å²) in [4.78, 5) is 37.4. The van der Waals surface area contributed by atoms with Crippen LogP contribution < -0.4 is 4.89 Å². The Morgan fingerprint density at radius 3 is 1.58 bits per heavy atom. The van der Waals surface area contributed by atoms with Crippen LogP contribution in [0.5, 0.6) is 0 Å². The molecule has 1 unspecified atom stereocenters. The molecule has 9 nitrogen and oxygen atoms in total. The van der Waals surface area contributed by atoms with Crippen LogP contribution in [0.1, 0.15) is 149 Å². The average molecular weight is 766 g/mol. The zero-order valence-electron chi connectivity index (χ0n) is 34.2. The molecule has 0 bridgehead atoms. The zero-order chi connectivity index (χ0) is 39.3. The van der Waals surface area contributed by atoms with Crippen molar-refractivity contribution in [2.75, 3.05) is 47.5 Å². The number of allylic oxidation sites excluding steroid dienone is 10. The topological polar surface area (TPSA) is 111 Å². The zero-order valence-corrected chi connectivity index (χ0v) is 35.1. The first-order valence-corrected chi connectivity index (χ1v) is 22.0. The second-order valence-electron chi connectivity index (χ2n) is 14.6. The molecule has 0 saturated carbocycles. The highest BCUT2D eigenvalue weighted by atomic mass is 31.2. The first kappa shape index (κ1) is 50.7. The van der Waals surface area contributed by atoms with Crippen LogP contribution in [0, 0.1) is 0 Å². The molecular weight excluding hydrogens is 689 g/mol. The Labute approximate surface area is 324 Å². The maximum atomic E-state index is 12.6. The van der Waals surface area contributed by atoms with Gasteiger partial charge in [-0.05, 0) is 77.0 Å². The summed E-state index contributed by atoms with van der Waals surface area (Å²) in [6.45, 7) is 4.07. The molecule has 0 N–H and O–H groups in total. The number of likely N-dealkylation sites (N-methyl/N-ethyl adjacent to an activating group) is 1. The maximum absolute atomic E-state index is 12.6.